The molecule has 1 aromatic heterocycles. The van der Waals surface area contributed by atoms with Gasteiger partial charge in [0.05, 0.1) is 24.3 Å². The van der Waals surface area contributed by atoms with E-state index in [0.29, 0.717) is 18.2 Å². The standard InChI is InChI=1S/C22H30N4O2/c1-24-19-8-3-2-7-18(19)20(23-24)21(27)26-12-6-9-22(16-26)13-17(15-28-22)14-25-10-4-5-11-25/h2-3,7-8,17H,4-6,9-16H2,1H3. The van der Waals surface area contributed by atoms with Crippen LogP contribution in [0, 0.1) is 5.92 Å². The van der Waals surface area contributed by atoms with Gasteiger partial charge in [-0.1, -0.05) is 18.2 Å². The first-order chi connectivity index (χ1) is 13.6. The third kappa shape index (κ3) is 3.22. The molecule has 3 fully saturated rings. The summed E-state index contributed by atoms with van der Waals surface area (Å²) >= 11 is 0. The van der Waals surface area contributed by atoms with Gasteiger partial charge in [-0.05, 0) is 57.2 Å². The molecule has 1 aromatic carbocycles. The van der Waals surface area contributed by atoms with Crippen molar-refractivity contribution in [3.63, 3.8) is 0 Å². The van der Waals surface area contributed by atoms with E-state index in [9.17, 15) is 4.79 Å². The van der Waals surface area contributed by atoms with Crippen LogP contribution in [-0.4, -0.2) is 70.4 Å². The van der Waals surface area contributed by atoms with Crippen LogP contribution >= 0.6 is 0 Å². The molecule has 2 atom stereocenters. The Hall–Kier alpha value is -1.92. The highest BCUT2D eigenvalue weighted by Crippen LogP contribution is 2.38. The lowest BCUT2D eigenvalue weighted by molar-refractivity contribution is -0.0451. The van der Waals surface area contributed by atoms with E-state index in [2.05, 4.69) is 10.00 Å². The van der Waals surface area contributed by atoms with Crippen molar-refractivity contribution in [2.45, 2.75) is 37.7 Å². The number of ether oxygens (including phenoxy) is 1. The molecule has 2 aromatic rings. The number of hydrogen-bond donors (Lipinski definition) is 0. The molecule has 3 aliphatic heterocycles. The second kappa shape index (κ2) is 7.16. The van der Waals surface area contributed by atoms with Crippen molar-refractivity contribution in [2.24, 2.45) is 13.0 Å². The Kier molecular flexibility index (Phi) is 4.63. The molecule has 1 spiro atoms. The zero-order chi connectivity index (χ0) is 19.1. The van der Waals surface area contributed by atoms with E-state index in [1.807, 2.05) is 36.2 Å². The van der Waals surface area contributed by atoms with E-state index in [1.54, 1.807) is 4.68 Å². The lowest BCUT2D eigenvalue weighted by Gasteiger charge is -2.39. The first-order valence-electron chi connectivity index (χ1n) is 10.7. The lowest BCUT2D eigenvalue weighted by atomic mass is 9.86. The van der Waals surface area contributed by atoms with Gasteiger partial charge in [0, 0.05) is 25.5 Å². The minimum absolute atomic E-state index is 0.0440. The minimum atomic E-state index is -0.150. The normalized spacial score (nSPS) is 28.6. The zero-order valence-corrected chi connectivity index (χ0v) is 16.8. The molecule has 6 nitrogen and oxygen atoms in total. The molecular weight excluding hydrogens is 352 g/mol. The molecule has 0 N–H and O–H groups in total. The van der Waals surface area contributed by atoms with Crippen LogP contribution in [0.15, 0.2) is 24.3 Å². The average Bonchev–Trinajstić information content (AvgIpc) is 3.43. The molecule has 5 rings (SSSR count). The highest BCUT2D eigenvalue weighted by Gasteiger charge is 2.45. The van der Waals surface area contributed by atoms with Gasteiger partial charge in [-0.3, -0.25) is 9.48 Å². The van der Waals surface area contributed by atoms with Crippen molar-refractivity contribution in [1.82, 2.24) is 19.6 Å². The smallest absolute Gasteiger partial charge is 0.275 e. The highest BCUT2D eigenvalue weighted by atomic mass is 16.5. The summed E-state index contributed by atoms with van der Waals surface area (Å²) in [5.41, 5.74) is 1.42. The number of aromatic nitrogens is 2. The van der Waals surface area contributed by atoms with Crippen molar-refractivity contribution in [3.05, 3.63) is 30.0 Å². The number of nitrogens with zero attached hydrogens (tertiary/aromatic N) is 4. The maximum atomic E-state index is 13.3. The van der Waals surface area contributed by atoms with Gasteiger partial charge >= 0.3 is 0 Å². The number of aryl methyl sites for hydroxylation is 1. The Balaban J connectivity index is 1.31. The highest BCUT2D eigenvalue weighted by molar-refractivity contribution is 6.04. The van der Waals surface area contributed by atoms with E-state index < -0.39 is 0 Å². The molecule has 1 amide bonds. The minimum Gasteiger partial charge on any atom is -0.373 e. The predicted molar refractivity (Wildman–Crippen MR) is 108 cm³/mol. The molecule has 0 saturated carbocycles. The van der Waals surface area contributed by atoms with E-state index in [-0.39, 0.29) is 11.5 Å². The fraction of sp³-hybridized carbons (Fsp3) is 0.636. The maximum absolute atomic E-state index is 13.3. The Morgan fingerprint density at radius 2 is 2.04 bits per heavy atom. The van der Waals surface area contributed by atoms with Crippen LogP contribution in [0.1, 0.15) is 42.6 Å². The summed E-state index contributed by atoms with van der Waals surface area (Å²) in [7, 11) is 1.90. The van der Waals surface area contributed by atoms with Crippen LogP contribution in [-0.2, 0) is 11.8 Å². The number of hydrogen-bond acceptors (Lipinski definition) is 4. The van der Waals surface area contributed by atoms with Crippen molar-refractivity contribution in [2.75, 3.05) is 39.3 Å². The summed E-state index contributed by atoms with van der Waals surface area (Å²) in [5, 5.41) is 5.48. The zero-order valence-electron chi connectivity index (χ0n) is 16.8. The Morgan fingerprint density at radius 3 is 2.89 bits per heavy atom. The topological polar surface area (TPSA) is 50.6 Å². The number of amides is 1. The third-order valence-corrected chi connectivity index (χ3v) is 6.79. The molecule has 4 heterocycles. The first kappa shape index (κ1) is 18.1. The molecule has 0 aliphatic carbocycles. The molecule has 3 saturated heterocycles. The molecule has 2 unspecified atom stereocenters. The van der Waals surface area contributed by atoms with Crippen LogP contribution < -0.4 is 0 Å². The van der Waals surface area contributed by atoms with Crippen molar-refractivity contribution < 1.29 is 9.53 Å². The Morgan fingerprint density at radius 1 is 1.21 bits per heavy atom. The summed E-state index contributed by atoms with van der Waals surface area (Å²) in [6, 6.07) is 7.97. The van der Waals surface area contributed by atoms with Gasteiger partial charge in [-0.2, -0.15) is 5.10 Å². The van der Waals surface area contributed by atoms with Crippen molar-refractivity contribution >= 4 is 16.8 Å². The maximum Gasteiger partial charge on any atom is 0.275 e. The van der Waals surface area contributed by atoms with Crippen LogP contribution in [0.3, 0.4) is 0 Å². The molecule has 6 heteroatoms. The number of carbonyl (C=O) groups is 1. The second-order valence-electron chi connectivity index (χ2n) is 8.89. The summed E-state index contributed by atoms with van der Waals surface area (Å²) in [6.07, 6.45) is 5.82. The monoisotopic (exact) mass is 382 g/mol. The summed E-state index contributed by atoms with van der Waals surface area (Å²) in [4.78, 5) is 17.9. The predicted octanol–water partition coefficient (Wildman–Crippen LogP) is 2.68. The van der Waals surface area contributed by atoms with E-state index in [0.717, 1.165) is 49.9 Å². The van der Waals surface area contributed by atoms with Gasteiger partial charge in [0.15, 0.2) is 5.69 Å². The number of carbonyl (C=O) groups excluding carboxylic acids is 1. The molecule has 0 bridgehead atoms. The Bertz CT molecular complexity index is 873. The van der Waals surface area contributed by atoms with Gasteiger partial charge in [0.25, 0.3) is 5.91 Å². The van der Waals surface area contributed by atoms with Crippen molar-refractivity contribution in [3.8, 4) is 0 Å². The summed E-state index contributed by atoms with van der Waals surface area (Å²) in [6.45, 7) is 5.96. The lowest BCUT2D eigenvalue weighted by Crippen LogP contribution is -2.50. The number of likely N-dealkylation sites (tertiary alicyclic amines) is 2. The average molecular weight is 383 g/mol. The summed E-state index contributed by atoms with van der Waals surface area (Å²) in [5.74, 6) is 0.645. The van der Waals surface area contributed by atoms with E-state index in [4.69, 9.17) is 4.74 Å². The largest absolute Gasteiger partial charge is 0.373 e. The fourth-order valence-electron chi connectivity index (χ4n) is 5.46. The summed E-state index contributed by atoms with van der Waals surface area (Å²) < 4.78 is 8.17. The second-order valence-corrected chi connectivity index (χ2v) is 8.89. The van der Waals surface area contributed by atoms with Gasteiger partial charge < -0.3 is 14.5 Å². The van der Waals surface area contributed by atoms with Crippen molar-refractivity contribution in [1.29, 1.82) is 0 Å². The SMILES string of the molecule is Cn1nc(C(=O)N2CCCC3(CC(CN4CCCC4)CO3)C2)c2ccccc21. The molecule has 3 aliphatic rings. The first-order valence-corrected chi connectivity index (χ1v) is 10.7. The quantitative estimate of drug-likeness (QED) is 0.819. The fourth-order valence-corrected chi connectivity index (χ4v) is 5.46. The van der Waals surface area contributed by atoms with Gasteiger partial charge in [0.1, 0.15) is 0 Å². The number of para-hydroxylation sites is 1. The number of fused-ring (bicyclic) bond motifs is 1. The molecule has 0 radical (unpaired) electrons. The third-order valence-electron chi connectivity index (χ3n) is 6.79. The Labute approximate surface area is 166 Å². The van der Waals surface area contributed by atoms with E-state index >= 15 is 0 Å². The molecule has 28 heavy (non-hydrogen) atoms. The van der Waals surface area contributed by atoms with Gasteiger partial charge in [0.2, 0.25) is 0 Å². The van der Waals surface area contributed by atoms with Gasteiger partial charge in [-0.25, -0.2) is 0 Å². The van der Waals surface area contributed by atoms with Crippen LogP contribution in [0.25, 0.3) is 10.9 Å². The van der Waals surface area contributed by atoms with Gasteiger partial charge in [-0.15, -0.1) is 0 Å². The number of piperidine rings is 1. The number of benzene rings is 1. The number of rotatable bonds is 3. The molecule has 150 valence electrons. The van der Waals surface area contributed by atoms with Crippen LogP contribution in [0.5, 0.6) is 0 Å². The van der Waals surface area contributed by atoms with Crippen LogP contribution in [0.2, 0.25) is 0 Å². The van der Waals surface area contributed by atoms with Crippen LogP contribution in [0.4, 0.5) is 0 Å². The molecular formula is C22H30N4O2. The van der Waals surface area contributed by atoms with E-state index in [1.165, 1.54) is 25.9 Å².